The average Bonchev–Trinajstić information content (AvgIpc) is 3.08. The first kappa shape index (κ1) is 18.6. The van der Waals surface area contributed by atoms with Gasteiger partial charge in [0.2, 0.25) is 0 Å². The van der Waals surface area contributed by atoms with Crippen LogP contribution in [-0.4, -0.2) is 32.2 Å². The lowest BCUT2D eigenvalue weighted by Crippen LogP contribution is -2.20. The van der Waals surface area contributed by atoms with Gasteiger partial charge in [-0.1, -0.05) is 0 Å². The van der Waals surface area contributed by atoms with Crippen molar-refractivity contribution in [2.45, 2.75) is 19.7 Å². The lowest BCUT2D eigenvalue weighted by Gasteiger charge is -2.15. The quantitative estimate of drug-likeness (QED) is 0.677. The van der Waals surface area contributed by atoms with E-state index < -0.39 is 29.9 Å². The van der Waals surface area contributed by atoms with Crippen LogP contribution in [-0.2, 0) is 17.5 Å². The minimum absolute atomic E-state index is 0.0492. The number of carbonyl (C=O) groups is 1. The number of H-pyrrole nitrogens is 1. The number of hydrogen-bond acceptors (Lipinski definition) is 5. The Labute approximate surface area is 150 Å². The molecule has 0 saturated carbocycles. The van der Waals surface area contributed by atoms with Crippen molar-refractivity contribution in [3.63, 3.8) is 0 Å². The molecule has 2 N–H and O–H groups in total. The Morgan fingerprint density at radius 1 is 1.33 bits per heavy atom. The molecule has 2 aromatic heterocycles. The van der Waals surface area contributed by atoms with E-state index in [4.69, 9.17) is 9.84 Å². The van der Waals surface area contributed by atoms with Gasteiger partial charge in [-0.15, -0.1) is 0 Å². The van der Waals surface area contributed by atoms with Gasteiger partial charge in [0.25, 0.3) is 5.56 Å². The van der Waals surface area contributed by atoms with Gasteiger partial charge in [-0.25, -0.2) is 9.78 Å². The summed E-state index contributed by atoms with van der Waals surface area (Å²) in [4.78, 5) is 30.0. The van der Waals surface area contributed by atoms with Crippen molar-refractivity contribution in [1.82, 2.24) is 14.5 Å². The third-order valence-corrected chi connectivity index (χ3v) is 3.84. The predicted molar refractivity (Wildman–Crippen MR) is 88.6 cm³/mol. The Balaban J connectivity index is 2.27. The highest BCUT2D eigenvalue weighted by molar-refractivity contribution is 5.94. The number of carbonyl (C=O) groups excluding carboxylic acids is 1. The van der Waals surface area contributed by atoms with Gasteiger partial charge in [0.1, 0.15) is 5.56 Å². The number of aromatic nitrogens is 3. The second kappa shape index (κ2) is 6.88. The lowest BCUT2D eigenvalue weighted by molar-refractivity contribution is -0.137. The first-order chi connectivity index (χ1) is 12.7. The first-order valence-corrected chi connectivity index (χ1v) is 7.84. The van der Waals surface area contributed by atoms with Gasteiger partial charge >= 0.3 is 12.1 Å². The number of aromatic amines is 1. The number of rotatable bonds is 4. The van der Waals surface area contributed by atoms with E-state index in [1.165, 1.54) is 18.3 Å². The second-order valence-corrected chi connectivity index (χ2v) is 5.62. The molecule has 0 bridgehead atoms. The number of esters is 1. The third kappa shape index (κ3) is 3.56. The molecule has 0 saturated heterocycles. The molecular formula is C17H14F3N3O4. The summed E-state index contributed by atoms with van der Waals surface area (Å²) in [5.41, 5.74) is -2.30. The number of aliphatic hydroxyl groups excluding tert-OH is 1. The molecule has 2 heterocycles. The average molecular weight is 381 g/mol. The number of benzene rings is 1. The van der Waals surface area contributed by atoms with Gasteiger partial charge in [0.15, 0.2) is 0 Å². The number of ether oxygens (including phenoxy) is 1. The summed E-state index contributed by atoms with van der Waals surface area (Å²) in [7, 11) is 0. The molecule has 0 aliphatic heterocycles. The molecule has 3 rings (SSSR count). The highest BCUT2D eigenvalue weighted by Gasteiger charge is 2.34. The number of nitrogens with zero attached hydrogens (tertiary/aromatic N) is 2. The van der Waals surface area contributed by atoms with Crippen molar-refractivity contribution in [2.24, 2.45) is 0 Å². The van der Waals surface area contributed by atoms with E-state index in [9.17, 15) is 22.8 Å². The fourth-order valence-corrected chi connectivity index (χ4v) is 2.62. The molecule has 1 aromatic carbocycles. The standard InChI is InChI=1S/C17H14F3N3O4/c1-2-27-16(26)11-3-9-4-14(23-6-10(7-24)21-8-23)12(17(18,19)20)5-13(9)22-15(11)25/h3-6,8,24H,2,7H2,1H3,(H,22,25). The van der Waals surface area contributed by atoms with Crippen LogP contribution < -0.4 is 5.56 Å². The van der Waals surface area contributed by atoms with Gasteiger partial charge in [-0.2, -0.15) is 13.2 Å². The number of alkyl halides is 3. The molecule has 0 spiro atoms. The highest BCUT2D eigenvalue weighted by Crippen LogP contribution is 2.36. The molecule has 0 amide bonds. The number of halogens is 3. The van der Waals surface area contributed by atoms with Crippen LogP contribution in [0.2, 0.25) is 0 Å². The number of nitrogens with one attached hydrogen (secondary N) is 1. The normalized spacial score (nSPS) is 11.7. The van der Waals surface area contributed by atoms with E-state index in [2.05, 4.69) is 9.97 Å². The van der Waals surface area contributed by atoms with Crippen LogP contribution in [0.5, 0.6) is 0 Å². The van der Waals surface area contributed by atoms with Gasteiger partial charge in [-0.3, -0.25) is 4.79 Å². The first-order valence-electron chi connectivity index (χ1n) is 7.84. The van der Waals surface area contributed by atoms with Crippen molar-refractivity contribution < 1.29 is 27.8 Å². The molecule has 0 atom stereocenters. The summed E-state index contributed by atoms with van der Waals surface area (Å²) in [5, 5.41) is 9.30. The Morgan fingerprint density at radius 3 is 2.67 bits per heavy atom. The van der Waals surface area contributed by atoms with Crippen molar-refractivity contribution >= 4 is 16.9 Å². The second-order valence-electron chi connectivity index (χ2n) is 5.62. The Hall–Kier alpha value is -3.14. The van der Waals surface area contributed by atoms with Crippen LogP contribution in [0.4, 0.5) is 13.2 Å². The molecule has 7 nitrogen and oxygen atoms in total. The molecule has 0 aliphatic carbocycles. The molecule has 0 aliphatic rings. The number of aliphatic hydroxyl groups is 1. The molecule has 27 heavy (non-hydrogen) atoms. The van der Waals surface area contributed by atoms with Crippen molar-refractivity contribution in [1.29, 1.82) is 0 Å². The van der Waals surface area contributed by atoms with Crippen LogP contribution in [0.25, 0.3) is 16.6 Å². The zero-order chi connectivity index (χ0) is 19.8. The van der Waals surface area contributed by atoms with Gasteiger partial charge in [0.05, 0.1) is 36.5 Å². The molecule has 3 aromatic rings. The molecule has 0 fully saturated rings. The fourth-order valence-electron chi connectivity index (χ4n) is 2.62. The van der Waals surface area contributed by atoms with Gasteiger partial charge in [0, 0.05) is 17.1 Å². The van der Waals surface area contributed by atoms with Crippen LogP contribution in [0.3, 0.4) is 0 Å². The predicted octanol–water partition coefficient (Wildman–Crippen LogP) is 2.40. The van der Waals surface area contributed by atoms with E-state index in [1.54, 1.807) is 6.92 Å². The van der Waals surface area contributed by atoms with E-state index in [-0.39, 0.29) is 34.5 Å². The lowest BCUT2D eigenvalue weighted by atomic mass is 10.1. The largest absolute Gasteiger partial charge is 0.462 e. The van der Waals surface area contributed by atoms with Crippen LogP contribution >= 0.6 is 0 Å². The minimum Gasteiger partial charge on any atom is -0.462 e. The summed E-state index contributed by atoms with van der Waals surface area (Å²) in [6.45, 7) is 1.19. The minimum atomic E-state index is -4.70. The van der Waals surface area contributed by atoms with E-state index in [0.29, 0.717) is 0 Å². The van der Waals surface area contributed by atoms with Crippen molar-refractivity contribution in [3.8, 4) is 5.69 Å². The van der Waals surface area contributed by atoms with Crippen LogP contribution in [0, 0.1) is 0 Å². The number of pyridine rings is 1. The number of hydrogen-bond donors (Lipinski definition) is 2. The zero-order valence-corrected chi connectivity index (χ0v) is 14.0. The van der Waals surface area contributed by atoms with Gasteiger partial charge < -0.3 is 19.4 Å². The van der Waals surface area contributed by atoms with Gasteiger partial charge in [-0.05, 0) is 25.1 Å². The molecule has 0 radical (unpaired) electrons. The topological polar surface area (TPSA) is 97.2 Å². The molecule has 142 valence electrons. The van der Waals surface area contributed by atoms with E-state index >= 15 is 0 Å². The van der Waals surface area contributed by atoms with Crippen LogP contribution in [0.1, 0.15) is 28.5 Å². The van der Waals surface area contributed by atoms with E-state index in [0.717, 1.165) is 17.0 Å². The summed E-state index contributed by atoms with van der Waals surface area (Å²) in [5.74, 6) is -0.868. The van der Waals surface area contributed by atoms with Crippen molar-refractivity contribution in [2.75, 3.05) is 6.61 Å². The monoisotopic (exact) mass is 381 g/mol. The highest BCUT2D eigenvalue weighted by atomic mass is 19.4. The smallest absolute Gasteiger partial charge is 0.418 e. The summed E-state index contributed by atoms with van der Waals surface area (Å²) >= 11 is 0. The van der Waals surface area contributed by atoms with Crippen LogP contribution in [0.15, 0.2) is 35.5 Å². The number of fused-ring (bicyclic) bond motifs is 1. The molecule has 10 heteroatoms. The maximum atomic E-state index is 13.5. The fraction of sp³-hybridized carbons (Fsp3) is 0.235. The third-order valence-electron chi connectivity index (χ3n) is 3.84. The molecular weight excluding hydrogens is 367 g/mol. The van der Waals surface area contributed by atoms with E-state index in [1.807, 2.05) is 0 Å². The zero-order valence-electron chi connectivity index (χ0n) is 14.0. The van der Waals surface area contributed by atoms with Crippen molar-refractivity contribution in [3.05, 3.63) is 57.9 Å². The molecule has 0 unspecified atom stereocenters. The summed E-state index contributed by atoms with van der Waals surface area (Å²) in [6, 6.07) is 3.15. The number of imidazole rings is 1. The maximum absolute atomic E-state index is 13.5. The Bertz CT molecular complexity index is 1070. The maximum Gasteiger partial charge on any atom is 0.418 e. The SMILES string of the molecule is CCOC(=O)c1cc2cc(-n3cnc(CO)c3)c(C(F)(F)F)cc2[nH]c1=O. The summed E-state index contributed by atoms with van der Waals surface area (Å²) < 4.78 is 46.4. The Kier molecular flexibility index (Phi) is 4.75. The summed E-state index contributed by atoms with van der Waals surface area (Å²) in [6.07, 6.45) is -2.31. The Morgan fingerprint density at radius 2 is 2.07 bits per heavy atom.